The zero-order chi connectivity index (χ0) is 13.8. The van der Waals surface area contributed by atoms with E-state index in [1.165, 1.54) is 4.88 Å². The fourth-order valence-corrected chi connectivity index (χ4v) is 3.07. The Morgan fingerprint density at radius 2 is 2.16 bits per heavy atom. The van der Waals surface area contributed by atoms with Gasteiger partial charge in [-0.05, 0) is 36.7 Å². The highest BCUT2D eigenvalue weighted by molar-refractivity contribution is 9.10. The molecule has 4 nitrogen and oxygen atoms in total. The molecule has 0 spiro atoms. The van der Waals surface area contributed by atoms with Crippen LogP contribution in [-0.2, 0) is 24.3 Å². The summed E-state index contributed by atoms with van der Waals surface area (Å²) in [6.07, 6.45) is 0.924. The summed E-state index contributed by atoms with van der Waals surface area (Å²) in [5.41, 5.74) is 5.13. The summed E-state index contributed by atoms with van der Waals surface area (Å²) in [6, 6.07) is 0. The predicted molar refractivity (Wildman–Crippen MR) is 80.5 cm³/mol. The summed E-state index contributed by atoms with van der Waals surface area (Å²) in [6.45, 7) is 8.29. The summed E-state index contributed by atoms with van der Waals surface area (Å²) in [5.74, 6) is 0. The Bertz CT molecular complexity index is 550. The van der Waals surface area contributed by atoms with Crippen molar-refractivity contribution in [3.8, 4) is 0 Å². The van der Waals surface area contributed by atoms with Gasteiger partial charge in [-0.25, -0.2) is 4.98 Å². The van der Waals surface area contributed by atoms with E-state index < -0.39 is 0 Å². The fraction of sp³-hybridized carbons (Fsp3) is 0.538. The number of ether oxygens (including phenoxy) is 1. The molecular formula is C13H18BrN3OS. The molecule has 2 aromatic rings. The molecule has 0 atom stereocenters. The molecule has 2 heterocycles. The van der Waals surface area contributed by atoms with Crippen molar-refractivity contribution in [3.05, 3.63) is 31.9 Å². The molecule has 0 bridgehead atoms. The highest BCUT2D eigenvalue weighted by Gasteiger charge is 2.12. The molecule has 0 saturated heterocycles. The van der Waals surface area contributed by atoms with Crippen molar-refractivity contribution >= 4 is 27.3 Å². The first-order valence-corrected chi connectivity index (χ1v) is 7.99. The first-order chi connectivity index (χ1) is 9.13. The van der Waals surface area contributed by atoms with Gasteiger partial charge in [-0.2, -0.15) is 5.10 Å². The molecule has 2 aromatic heterocycles. The van der Waals surface area contributed by atoms with Crippen LogP contribution < -0.4 is 0 Å². The predicted octanol–water partition coefficient (Wildman–Crippen LogP) is 3.50. The molecule has 0 saturated carbocycles. The Kier molecular flexibility index (Phi) is 5.13. The Hall–Kier alpha value is -0.720. The van der Waals surface area contributed by atoms with E-state index in [2.05, 4.69) is 32.9 Å². The summed E-state index contributed by atoms with van der Waals surface area (Å²) in [5, 5.41) is 4.45. The third-order valence-corrected chi connectivity index (χ3v) is 5.04. The van der Waals surface area contributed by atoms with Gasteiger partial charge in [0.05, 0.1) is 40.3 Å². The van der Waals surface area contributed by atoms with Gasteiger partial charge in [-0.3, -0.25) is 4.68 Å². The van der Waals surface area contributed by atoms with Crippen molar-refractivity contribution in [1.82, 2.24) is 14.8 Å². The molecule has 0 radical (unpaired) electrons. The summed E-state index contributed by atoms with van der Waals surface area (Å²) in [4.78, 5) is 5.54. The minimum atomic E-state index is 0.590. The van der Waals surface area contributed by atoms with Gasteiger partial charge >= 0.3 is 0 Å². The molecular weight excluding hydrogens is 326 g/mol. The van der Waals surface area contributed by atoms with Gasteiger partial charge < -0.3 is 4.74 Å². The third-order valence-electron chi connectivity index (χ3n) is 3.01. The number of hydrogen-bond acceptors (Lipinski definition) is 4. The quantitative estimate of drug-likeness (QED) is 0.753. The first kappa shape index (κ1) is 14.7. The molecule has 0 amide bonds. The van der Waals surface area contributed by atoms with Crippen LogP contribution in [-0.4, -0.2) is 21.4 Å². The van der Waals surface area contributed by atoms with E-state index in [-0.39, 0.29) is 0 Å². The highest BCUT2D eigenvalue weighted by Crippen LogP contribution is 2.22. The molecule has 0 aliphatic carbocycles. The van der Waals surface area contributed by atoms with E-state index in [0.717, 1.165) is 34.5 Å². The van der Waals surface area contributed by atoms with Crippen LogP contribution in [0.4, 0.5) is 0 Å². The highest BCUT2D eigenvalue weighted by atomic mass is 79.9. The molecule has 0 N–H and O–H groups in total. The number of rotatable bonds is 6. The van der Waals surface area contributed by atoms with Crippen LogP contribution in [0.25, 0.3) is 0 Å². The second kappa shape index (κ2) is 6.63. The van der Waals surface area contributed by atoms with E-state index in [4.69, 9.17) is 4.74 Å². The zero-order valence-corrected chi connectivity index (χ0v) is 13.8. The van der Waals surface area contributed by atoms with Crippen LogP contribution in [0.2, 0.25) is 0 Å². The van der Waals surface area contributed by atoms with E-state index in [1.54, 1.807) is 11.3 Å². The van der Waals surface area contributed by atoms with Gasteiger partial charge in [0.25, 0.3) is 0 Å². The third kappa shape index (κ3) is 3.43. The molecule has 6 heteroatoms. The van der Waals surface area contributed by atoms with E-state index >= 15 is 0 Å². The molecule has 0 aliphatic rings. The number of hydrogen-bond donors (Lipinski definition) is 0. The number of aromatic nitrogens is 3. The maximum Gasteiger partial charge on any atom is 0.0896 e. The van der Waals surface area contributed by atoms with Gasteiger partial charge in [0.15, 0.2) is 0 Å². The average Bonchev–Trinajstić information content (AvgIpc) is 2.92. The van der Waals surface area contributed by atoms with Gasteiger partial charge in [-0.1, -0.05) is 0 Å². The minimum Gasteiger partial charge on any atom is -0.375 e. The van der Waals surface area contributed by atoms with E-state index in [0.29, 0.717) is 13.2 Å². The van der Waals surface area contributed by atoms with Crippen LogP contribution >= 0.6 is 27.3 Å². The van der Waals surface area contributed by atoms with Crippen molar-refractivity contribution < 1.29 is 4.74 Å². The normalized spacial score (nSPS) is 11.2. The average molecular weight is 344 g/mol. The maximum atomic E-state index is 5.77. The van der Waals surface area contributed by atoms with Crippen LogP contribution in [0.1, 0.15) is 28.9 Å². The largest absolute Gasteiger partial charge is 0.375 e. The summed E-state index contributed by atoms with van der Waals surface area (Å²) >= 11 is 5.27. The Morgan fingerprint density at radius 3 is 2.79 bits per heavy atom. The first-order valence-electron chi connectivity index (χ1n) is 6.32. The van der Waals surface area contributed by atoms with Crippen molar-refractivity contribution in [3.63, 3.8) is 0 Å². The second-order valence-corrected chi connectivity index (χ2v) is 6.06. The lowest BCUT2D eigenvalue weighted by atomic mass is 10.3. The molecule has 104 valence electrons. The number of halogens is 1. The fourth-order valence-electron chi connectivity index (χ4n) is 1.91. The van der Waals surface area contributed by atoms with Crippen LogP contribution in [0, 0.1) is 13.8 Å². The molecule has 0 aromatic carbocycles. The lowest BCUT2D eigenvalue weighted by Gasteiger charge is -2.06. The van der Waals surface area contributed by atoms with Gasteiger partial charge in [0.1, 0.15) is 0 Å². The van der Waals surface area contributed by atoms with Gasteiger partial charge in [0.2, 0.25) is 0 Å². The van der Waals surface area contributed by atoms with Crippen molar-refractivity contribution in [2.45, 2.75) is 40.3 Å². The monoisotopic (exact) mass is 343 g/mol. The maximum absolute atomic E-state index is 5.77. The Labute approximate surface area is 125 Å². The van der Waals surface area contributed by atoms with E-state index in [9.17, 15) is 0 Å². The van der Waals surface area contributed by atoms with Crippen molar-refractivity contribution in [2.75, 3.05) is 6.61 Å². The van der Waals surface area contributed by atoms with Crippen molar-refractivity contribution in [1.29, 1.82) is 0 Å². The summed E-state index contributed by atoms with van der Waals surface area (Å²) in [7, 11) is 0. The van der Waals surface area contributed by atoms with Gasteiger partial charge in [0, 0.05) is 17.8 Å². The number of nitrogens with zero attached hydrogens (tertiary/aromatic N) is 3. The molecule has 2 rings (SSSR count). The SMILES string of the molecule is CCn1nc(C)c(Br)c1COCCc1scnc1C. The van der Waals surface area contributed by atoms with Gasteiger partial charge in [-0.15, -0.1) is 11.3 Å². The molecule has 0 unspecified atom stereocenters. The standard InChI is InChI=1S/C13H18BrN3OS/c1-4-17-11(13(14)10(3)16-17)7-18-6-5-12-9(2)15-8-19-12/h8H,4-7H2,1-3H3. The number of aryl methyl sites for hydroxylation is 3. The van der Waals surface area contributed by atoms with Crippen LogP contribution in [0.5, 0.6) is 0 Å². The number of thiazole rings is 1. The van der Waals surface area contributed by atoms with Crippen molar-refractivity contribution in [2.24, 2.45) is 0 Å². The molecule has 19 heavy (non-hydrogen) atoms. The molecule has 0 fully saturated rings. The van der Waals surface area contributed by atoms with Crippen LogP contribution in [0.3, 0.4) is 0 Å². The van der Waals surface area contributed by atoms with E-state index in [1.807, 2.05) is 24.0 Å². The summed E-state index contributed by atoms with van der Waals surface area (Å²) < 4.78 is 8.81. The Morgan fingerprint density at radius 1 is 1.37 bits per heavy atom. The molecule has 0 aliphatic heterocycles. The second-order valence-electron chi connectivity index (χ2n) is 4.33. The van der Waals surface area contributed by atoms with Crippen LogP contribution in [0.15, 0.2) is 9.98 Å². The lowest BCUT2D eigenvalue weighted by molar-refractivity contribution is 0.118. The minimum absolute atomic E-state index is 0.590. The zero-order valence-electron chi connectivity index (χ0n) is 11.4. The smallest absolute Gasteiger partial charge is 0.0896 e. The lowest BCUT2D eigenvalue weighted by Crippen LogP contribution is -2.06. The topological polar surface area (TPSA) is 39.9 Å². The Balaban J connectivity index is 1.88.